The van der Waals surface area contributed by atoms with Crippen molar-refractivity contribution >= 4 is 11.7 Å². The number of aromatic carboxylic acids is 1. The number of nitrogens with zero attached hydrogens (tertiary/aromatic N) is 3. The monoisotopic (exact) mass is 259 g/mol. The lowest BCUT2D eigenvalue weighted by Gasteiger charge is -2.21. The first-order valence-electron chi connectivity index (χ1n) is 6.01. The SMILES string of the molecule is Cc1ccccc1N(C)Cc1c(C(=O)O)cnn1C. The summed E-state index contributed by atoms with van der Waals surface area (Å²) in [5.74, 6) is -0.943. The van der Waals surface area contributed by atoms with Crippen molar-refractivity contribution in [1.29, 1.82) is 0 Å². The van der Waals surface area contributed by atoms with Crippen LogP contribution in [0.5, 0.6) is 0 Å². The van der Waals surface area contributed by atoms with E-state index >= 15 is 0 Å². The average Bonchev–Trinajstić information content (AvgIpc) is 2.71. The van der Waals surface area contributed by atoms with Crippen molar-refractivity contribution in [3.8, 4) is 0 Å². The Morgan fingerprint density at radius 1 is 1.42 bits per heavy atom. The van der Waals surface area contributed by atoms with Gasteiger partial charge in [-0.1, -0.05) is 18.2 Å². The van der Waals surface area contributed by atoms with Gasteiger partial charge in [0.15, 0.2) is 0 Å². The van der Waals surface area contributed by atoms with Gasteiger partial charge in [-0.2, -0.15) is 5.10 Å². The van der Waals surface area contributed by atoms with Crippen molar-refractivity contribution in [2.24, 2.45) is 7.05 Å². The number of hydrogen-bond donors (Lipinski definition) is 1. The molecule has 0 aliphatic heterocycles. The number of carboxylic acid groups (broad SMARTS) is 1. The van der Waals surface area contributed by atoms with Crippen LogP contribution in [0.4, 0.5) is 5.69 Å². The molecule has 1 aromatic heterocycles. The van der Waals surface area contributed by atoms with Crippen molar-refractivity contribution < 1.29 is 9.90 Å². The minimum atomic E-state index is -0.943. The Balaban J connectivity index is 2.29. The minimum absolute atomic E-state index is 0.253. The van der Waals surface area contributed by atoms with Gasteiger partial charge in [0.1, 0.15) is 5.56 Å². The number of carbonyl (C=O) groups is 1. The van der Waals surface area contributed by atoms with Gasteiger partial charge in [-0.15, -0.1) is 0 Å². The third-order valence-corrected chi connectivity index (χ3v) is 3.21. The smallest absolute Gasteiger partial charge is 0.339 e. The fourth-order valence-electron chi connectivity index (χ4n) is 2.13. The number of para-hydroxylation sites is 1. The van der Waals surface area contributed by atoms with Gasteiger partial charge < -0.3 is 10.0 Å². The van der Waals surface area contributed by atoms with Gasteiger partial charge >= 0.3 is 5.97 Å². The Morgan fingerprint density at radius 2 is 2.11 bits per heavy atom. The predicted octanol–water partition coefficient (Wildman–Crippen LogP) is 2.06. The third-order valence-electron chi connectivity index (χ3n) is 3.21. The topological polar surface area (TPSA) is 58.4 Å². The van der Waals surface area contributed by atoms with Crippen molar-refractivity contribution in [1.82, 2.24) is 9.78 Å². The van der Waals surface area contributed by atoms with E-state index in [9.17, 15) is 4.79 Å². The van der Waals surface area contributed by atoms with Crippen LogP contribution in [0.15, 0.2) is 30.5 Å². The quantitative estimate of drug-likeness (QED) is 0.913. The molecule has 0 saturated heterocycles. The summed E-state index contributed by atoms with van der Waals surface area (Å²) in [4.78, 5) is 13.2. The first-order chi connectivity index (χ1) is 9.00. The van der Waals surface area contributed by atoms with Crippen LogP contribution >= 0.6 is 0 Å². The molecule has 0 unspecified atom stereocenters. The Kier molecular flexibility index (Phi) is 3.55. The zero-order valence-corrected chi connectivity index (χ0v) is 11.3. The van der Waals surface area contributed by atoms with E-state index in [0.717, 1.165) is 11.3 Å². The predicted molar refractivity (Wildman–Crippen MR) is 73.5 cm³/mol. The molecule has 0 atom stereocenters. The van der Waals surface area contributed by atoms with Gasteiger partial charge in [-0.3, -0.25) is 4.68 Å². The standard InChI is InChI=1S/C14H17N3O2/c1-10-6-4-5-7-12(10)16(2)9-13-11(14(18)19)8-15-17(13)3/h4-8H,9H2,1-3H3,(H,18,19). The molecule has 0 bridgehead atoms. The van der Waals surface area contributed by atoms with Crippen LogP contribution in [0.25, 0.3) is 0 Å². The van der Waals surface area contributed by atoms with Crippen LogP contribution < -0.4 is 4.90 Å². The number of anilines is 1. The molecule has 0 saturated carbocycles. The first kappa shape index (κ1) is 13.1. The molecule has 1 N–H and O–H groups in total. The van der Waals surface area contributed by atoms with E-state index in [1.165, 1.54) is 6.20 Å². The summed E-state index contributed by atoms with van der Waals surface area (Å²) in [6.07, 6.45) is 1.39. The number of carboxylic acids is 1. The van der Waals surface area contributed by atoms with E-state index < -0.39 is 5.97 Å². The van der Waals surface area contributed by atoms with Crippen LogP contribution in [0.3, 0.4) is 0 Å². The van der Waals surface area contributed by atoms with Gasteiger partial charge in [0.2, 0.25) is 0 Å². The van der Waals surface area contributed by atoms with Crippen LogP contribution in [0.2, 0.25) is 0 Å². The second-order valence-electron chi connectivity index (χ2n) is 4.58. The van der Waals surface area contributed by atoms with Crippen LogP contribution in [-0.2, 0) is 13.6 Å². The molecular weight excluding hydrogens is 242 g/mol. The van der Waals surface area contributed by atoms with Crippen molar-refractivity contribution in [2.75, 3.05) is 11.9 Å². The molecule has 5 heteroatoms. The summed E-state index contributed by atoms with van der Waals surface area (Å²) >= 11 is 0. The largest absolute Gasteiger partial charge is 0.478 e. The Hall–Kier alpha value is -2.30. The molecule has 0 spiro atoms. The second-order valence-corrected chi connectivity index (χ2v) is 4.58. The molecule has 1 heterocycles. The van der Waals surface area contributed by atoms with Crippen molar-refractivity contribution in [3.63, 3.8) is 0 Å². The molecule has 2 rings (SSSR count). The van der Waals surface area contributed by atoms with Gasteiger partial charge in [0.25, 0.3) is 0 Å². The highest BCUT2D eigenvalue weighted by molar-refractivity contribution is 5.88. The molecule has 0 aliphatic carbocycles. The summed E-state index contributed by atoms with van der Waals surface area (Å²) in [5.41, 5.74) is 3.19. The van der Waals surface area contributed by atoms with E-state index in [0.29, 0.717) is 12.2 Å². The van der Waals surface area contributed by atoms with Crippen molar-refractivity contribution in [3.05, 3.63) is 47.3 Å². The molecule has 0 amide bonds. The van der Waals surface area contributed by atoms with Crippen LogP contribution in [0, 0.1) is 6.92 Å². The molecule has 1 aromatic carbocycles. The maximum atomic E-state index is 11.1. The van der Waals surface area contributed by atoms with E-state index in [2.05, 4.69) is 5.10 Å². The Bertz CT molecular complexity index is 604. The molecule has 100 valence electrons. The lowest BCUT2D eigenvalue weighted by atomic mass is 10.1. The highest BCUT2D eigenvalue weighted by atomic mass is 16.4. The maximum absolute atomic E-state index is 11.1. The molecule has 19 heavy (non-hydrogen) atoms. The number of hydrogen-bond acceptors (Lipinski definition) is 3. The second kappa shape index (κ2) is 5.14. The van der Waals surface area contributed by atoms with Crippen molar-refractivity contribution in [2.45, 2.75) is 13.5 Å². The molecular formula is C14H17N3O2. The van der Waals surface area contributed by atoms with Crippen LogP contribution in [0.1, 0.15) is 21.6 Å². The number of aromatic nitrogens is 2. The molecule has 0 radical (unpaired) electrons. The van der Waals surface area contributed by atoms with Gasteiger partial charge in [-0.25, -0.2) is 4.79 Å². The van der Waals surface area contributed by atoms with E-state index in [4.69, 9.17) is 5.11 Å². The molecule has 0 fully saturated rings. The summed E-state index contributed by atoms with van der Waals surface area (Å²) in [6.45, 7) is 2.54. The Morgan fingerprint density at radius 3 is 2.74 bits per heavy atom. The fourth-order valence-corrected chi connectivity index (χ4v) is 2.13. The number of benzene rings is 1. The van der Waals surface area contributed by atoms with Gasteiger partial charge in [0.05, 0.1) is 18.4 Å². The highest BCUT2D eigenvalue weighted by Gasteiger charge is 2.17. The summed E-state index contributed by atoms with van der Waals surface area (Å²) in [5, 5.41) is 13.2. The zero-order valence-electron chi connectivity index (χ0n) is 11.3. The maximum Gasteiger partial charge on any atom is 0.339 e. The average molecular weight is 259 g/mol. The highest BCUT2D eigenvalue weighted by Crippen LogP contribution is 2.20. The molecule has 2 aromatic rings. The van der Waals surface area contributed by atoms with Gasteiger partial charge in [-0.05, 0) is 18.6 Å². The Labute approximate surface area is 112 Å². The number of aryl methyl sites for hydroxylation is 2. The van der Waals surface area contributed by atoms with Crippen LogP contribution in [-0.4, -0.2) is 27.9 Å². The fraction of sp³-hybridized carbons (Fsp3) is 0.286. The van der Waals surface area contributed by atoms with E-state index in [1.807, 2.05) is 43.1 Å². The summed E-state index contributed by atoms with van der Waals surface area (Å²) in [6, 6.07) is 8.01. The van der Waals surface area contributed by atoms with Gasteiger partial charge in [0, 0.05) is 19.8 Å². The van der Waals surface area contributed by atoms with E-state index in [-0.39, 0.29) is 5.56 Å². The molecule has 0 aliphatic rings. The summed E-state index contributed by atoms with van der Waals surface area (Å²) in [7, 11) is 3.70. The molecule has 5 nitrogen and oxygen atoms in total. The zero-order chi connectivity index (χ0) is 14.0. The lowest BCUT2D eigenvalue weighted by Crippen LogP contribution is -2.21. The summed E-state index contributed by atoms with van der Waals surface area (Å²) < 4.78 is 1.61. The lowest BCUT2D eigenvalue weighted by molar-refractivity contribution is 0.0695. The first-order valence-corrected chi connectivity index (χ1v) is 6.01. The van der Waals surface area contributed by atoms with E-state index in [1.54, 1.807) is 11.7 Å². The normalized spacial score (nSPS) is 10.5. The minimum Gasteiger partial charge on any atom is -0.478 e. The third kappa shape index (κ3) is 2.59. The number of rotatable bonds is 4.